The van der Waals surface area contributed by atoms with Crippen molar-refractivity contribution in [2.24, 2.45) is 17.3 Å². The van der Waals surface area contributed by atoms with Gasteiger partial charge in [0, 0.05) is 0 Å². The Morgan fingerprint density at radius 2 is 1.43 bits per heavy atom. The smallest absolute Gasteiger partial charge is 0.0823 e. The third kappa shape index (κ3) is 3.69. The van der Waals surface area contributed by atoms with E-state index in [-0.39, 0.29) is 6.10 Å². The second-order valence-electron chi connectivity index (χ2n) is 8.23. The molecule has 118 valence electrons. The molecule has 1 atom stereocenters. The highest BCUT2D eigenvalue weighted by molar-refractivity contribution is 5.39. The SMILES string of the molecule is Cc1cc(C)c(C(O)C2CCC(C(C)(C)C)CC2)c(C)c1. The number of rotatable bonds is 2. The summed E-state index contributed by atoms with van der Waals surface area (Å²) in [6.45, 7) is 13.5. The molecule has 1 unspecified atom stereocenters. The minimum absolute atomic E-state index is 0.286. The van der Waals surface area contributed by atoms with Gasteiger partial charge in [-0.15, -0.1) is 0 Å². The molecule has 1 heteroatoms. The lowest BCUT2D eigenvalue weighted by molar-refractivity contribution is 0.0521. The predicted octanol–water partition coefficient (Wildman–Crippen LogP) is 5.50. The predicted molar refractivity (Wildman–Crippen MR) is 90.5 cm³/mol. The molecule has 1 aromatic carbocycles. The summed E-state index contributed by atoms with van der Waals surface area (Å²) in [6.07, 6.45) is 4.56. The van der Waals surface area contributed by atoms with Gasteiger partial charge in [0.25, 0.3) is 0 Å². The highest BCUT2D eigenvalue weighted by Crippen LogP contribution is 2.44. The molecule has 1 aliphatic rings. The lowest BCUT2D eigenvalue weighted by Gasteiger charge is -2.38. The van der Waals surface area contributed by atoms with Gasteiger partial charge in [-0.1, -0.05) is 38.5 Å². The van der Waals surface area contributed by atoms with E-state index >= 15 is 0 Å². The maximum absolute atomic E-state index is 10.9. The van der Waals surface area contributed by atoms with Crippen LogP contribution in [0.2, 0.25) is 0 Å². The molecule has 2 rings (SSSR count). The van der Waals surface area contributed by atoms with Crippen LogP contribution in [0, 0.1) is 38.0 Å². The molecule has 1 fully saturated rings. The topological polar surface area (TPSA) is 20.2 Å². The van der Waals surface area contributed by atoms with Gasteiger partial charge in [-0.2, -0.15) is 0 Å². The van der Waals surface area contributed by atoms with E-state index in [1.54, 1.807) is 0 Å². The largest absolute Gasteiger partial charge is 0.388 e. The fraction of sp³-hybridized carbons (Fsp3) is 0.700. The lowest BCUT2D eigenvalue weighted by atomic mass is 9.68. The molecule has 0 bridgehead atoms. The van der Waals surface area contributed by atoms with Crippen LogP contribution in [-0.4, -0.2) is 5.11 Å². The van der Waals surface area contributed by atoms with Gasteiger partial charge < -0.3 is 5.11 Å². The average molecular weight is 288 g/mol. The highest BCUT2D eigenvalue weighted by atomic mass is 16.3. The van der Waals surface area contributed by atoms with Gasteiger partial charge in [0.2, 0.25) is 0 Å². The molecule has 0 amide bonds. The Bertz CT molecular complexity index is 464. The molecule has 1 aromatic rings. The van der Waals surface area contributed by atoms with Crippen LogP contribution in [0.3, 0.4) is 0 Å². The number of hydrogen-bond donors (Lipinski definition) is 1. The van der Waals surface area contributed by atoms with Gasteiger partial charge >= 0.3 is 0 Å². The molecule has 0 heterocycles. The van der Waals surface area contributed by atoms with E-state index in [0.29, 0.717) is 11.3 Å². The molecule has 0 radical (unpaired) electrons. The van der Waals surface area contributed by atoms with Gasteiger partial charge in [0.15, 0.2) is 0 Å². The third-order valence-corrected chi connectivity index (χ3v) is 5.48. The van der Waals surface area contributed by atoms with Crippen molar-refractivity contribution in [1.29, 1.82) is 0 Å². The molecule has 0 spiro atoms. The van der Waals surface area contributed by atoms with Gasteiger partial charge in [0.05, 0.1) is 6.10 Å². The van der Waals surface area contributed by atoms with Crippen LogP contribution in [0.15, 0.2) is 12.1 Å². The monoisotopic (exact) mass is 288 g/mol. The van der Waals surface area contributed by atoms with E-state index in [1.807, 2.05) is 0 Å². The summed E-state index contributed by atoms with van der Waals surface area (Å²) in [7, 11) is 0. The lowest BCUT2D eigenvalue weighted by Crippen LogP contribution is -2.28. The summed E-state index contributed by atoms with van der Waals surface area (Å²) >= 11 is 0. The Morgan fingerprint density at radius 1 is 0.952 bits per heavy atom. The zero-order valence-electron chi connectivity index (χ0n) is 14.7. The van der Waals surface area contributed by atoms with Crippen molar-refractivity contribution < 1.29 is 5.11 Å². The van der Waals surface area contributed by atoms with Crippen molar-refractivity contribution in [2.45, 2.75) is 73.3 Å². The number of hydrogen-bond acceptors (Lipinski definition) is 1. The van der Waals surface area contributed by atoms with Crippen LogP contribution >= 0.6 is 0 Å². The maximum atomic E-state index is 10.9. The van der Waals surface area contributed by atoms with Crippen LogP contribution < -0.4 is 0 Å². The first-order chi connectivity index (χ1) is 9.70. The molecule has 0 aromatic heterocycles. The fourth-order valence-electron chi connectivity index (χ4n) is 4.19. The van der Waals surface area contributed by atoms with E-state index in [4.69, 9.17) is 0 Å². The quantitative estimate of drug-likeness (QED) is 0.762. The van der Waals surface area contributed by atoms with Gasteiger partial charge in [0.1, 0.15) is 0 Å². The Hall–Kier alpha value is -0.820. The summed E-state index contributed by atoms with van der Waals surface area (Å²) in [5.41, 5.74) is 5.37. The van der Waals surface area contributed by atoms with Crippen LogP contribution in [-0.2, 0) is 0 Å². The van der Waals surface area contributed by atoms with Crippen molar-refractivity contribution in [3.63, 3.8) is 0 Å². The summed E-state index contributed by atoms with van der Waals surface area (Å²) in [5, 5.41) is 10.9. The van der Waals surface area contributed by atoms with Gasteiger partial charge in [-0.05, 0) is 80.4 Å². The van der Waals surface area contributed by atoms with Crippen LogP contribution in [0.1, 0.15) is 74.8 Å². The first-order valence-corrected chi connectivity index (χ1v) is 8.46. The normalized spacial score (nSPS) is 24.9. The van der Waals surface area contributed by atoms with Crippen molar-refractivity contribution in [1.82, 2.24) is 0 Å². The van der Waals surface area contributed by atoms with E-state index in [9.17, 15) is 5.11 Å². The Labute approximate surface area is 130 Å². The van der Waals surface area contributed by atoms with Gasteiger partial charge in [-0.25, -0.2) is 0 Å². The summed E-state index contributed by atoms with van der Waals surface area (Å²) in [5.74, 6) is 1.24. The van der Waals surface area contributed by atoms with Crippen molar-refractivity contribution in [3.8, 4) is 0 Å². The van der Waals surface area contributed by atoms with Crippen molar-refractivity contribution in [3.05, 3.63) is 34.4 Å². The average Bonchev–Trinajstić information content (AvgIpc) is 2.36. The molecule has 1 nitrogen and oxygen atoms in total. The van der Waals surface area contributed by atoms with E-state index < -0.39 is 0 Å². The minimum atomic E-state index is -0.286. The third-order valence-electron chi connectivity index (χ3n) is 5.48. The van der Waals surface area contributed by atoms with Crippen LogP contribution in [0.4, 0.5) is 0 Å². The summed E-state index contributed by atoms with van der Waals surface area (Å²) < 4.78 is 0. The molecular formula is C20H32O. The second kappa shape index (κ2) is 6.12. The Balaban J connectivity index is 2.11. The zero-order valence-corrected chi connectivity index (χ0v) is 14.7. The van der Waals surface area contributed by atoms with Crippen molar-refractivity contribution >= 4 is 0 Å². The first kappa shape index (κ1) is 16.5. The van der Waals surface area contributed by atoms with E-state index in [2.05, 4.69) is 53.7 Å². The molecule has 1 saturated carbocycles. The van der Waals surface area contributed by atoms with Gasteiger partial charge in [-0.3, -0.25) is 0 Å². The second-order valence-corrected chi connectivity index (χ2v) is 8.23. The summed E-state index contributed by atoms with van der Waals surface area (Å²) in [4.78, 5) is 0. The van der Waals surface area contributed by atoms with E-state index in [0.717, 1.165) is 18.8 Å². The fourth-order valence-corrected chi connectivity index (χ4v) is 4.19. The molecule has 1 aliphatic carbocycles. The van der Waals surface area contributed by atoms with Crippen molar-refractivity contribution in [2.75, 3.05) is 0 Å². The molecule has 0 saturated heterocycles. The maximum Gasteiger partial charge on any atom is 0.0823 e. The number of benzene rings is 1. The number of aliphatic hydroxyl groups excluding tert-OH is 1. The molecular weight excluding hydrogens is 256 g/mol. The molecule has 1 N–H and O–H groups in total. The Kier molecular flexibility index (Phi) is 4.82. The number of aryl methyl sites for hydroxylation is 3. The standard InChI is InChI=1S/C20H32O/c1-13-11-14(2)18(15(3)12-13)19(21)16-7-9-17(10-8-16)20(4,5)6/h11-12,16-17,19,21H,7-10H2,1-6H3. The first-order valence-electron chi connectivity index (χ1n) is 8.46. The zero-order chi connectivity index (χ0) is 15.8. The van der Waals surface area contributed by atoms with Crippen LogP contribution in [0.25, 0.3) is 0 Å². The molecule has 0 aliphatic heterocycles. The van der Waals surface area contributed by atoms with Crippen LogP contribution in [0.5, 0.6) is 0 Å². The minimum Gasteiger partial charge on any atom is -0.388 e. The summed E-state index contributed by atoms with van der Waals surface area (Å²) in [6, 6.07) is 4.40. The Morgan fingerprint density at radius 3 is 1.86 bits per heavy atom. The highest BCUT2D eigenvalue weighted by Gasteiger charge is 2.33. The van der Waals surface area contributed by atoms with E-state index in [1.165, 1.54) is 35.1 Å². The molecule has 21 heavy (non-hydrogen) atoms. The number of aliphatic hydroxyl groups is 1.